The van der Waals surface area contributed by atoms with E-state index in [2.05, 4.69) is 0 Å². The molecule has 5 heteroatoms. The first-order valence-corrected chi connectivity index (χ1v) is 7.25. The number of hydrogen-bond donors (Lipinski definition) is 2. The molecule has 2 N–H and O–H groups in total. The van der Waals surface area contributed by atoms with Crippen LogP contribution in [0.3, 0.4) is 0 Å². The summed E-state index contributed by atoms with van der Waals surface area (Å²) < 4.78 is 17.2. The zero-order chi connectivity index (χ0) is 13.3. The molecule has 96 valence electrons. The quantitative estimate of drug-likeness (QED) is 0.837. The zero-order valence-electron chi connectivity index (χ0n) is 10.2. The third kappa shape index (κ3) is 2.56. The van der Waals surface area contributed by atoms with Gasteiger partial charge in [0.15, 0.2) is 0 Å². The highest BCUT2D eigenvalue weighted by Gasteiger charge is 2.26. The minimum atomic E-state index is -4.38. The molecule has 0 aliphatic heterocycles. The second kappa shape index (κ2) is 4.73. The average molecular weight is 266 g/mol. The summed E-state index contributed by atoms with van der Waals surface area (Å²) in [5.74, 6) is 0.247. The summed E-state index contributed by atoms with van der Waals surface area (Å²) >= 11 is 0. The van der Waals surface area contributed by atoms with Crippen LogP contribution in [0.15, 0.2) is 36.4 Å². The second-order valence-electron chi connectivity index (χ2n) is 4.34. The lowest BCUT2D eigenvalue weighted by atomic mass is 10.1. The molecule has 0 saturated heterocycles. The van der Waals surface area contributed by atoms with Gasteiger partial charge in [-0.25, -0.2) is 0 Å². The molecule has 0 amide bonds. The predicted octanol–water partition coefficient (Wildman–Crippen LogP) is 2.43. The summed E-state index contributed by atoms with van der Waals surface area (Å²) in [6, 6.07) is 10.5. The van der Waals surface area contributed by atoms with Crippen molar-refractivity contribution in [3.05, 3.63) is 36.4 Å². The molecule has 0 atom stereocenters. The van der Waals surface area contributed by atoms with E-state index < -0.39 is 7.60 Å². The van der Waals surface area contributed by atoms with Crippen molar-refractivity contribution in [2.75, 3.05) is 0 Å². The molecule has 0 saturated carbocycles. The Morgan fingerprint density at radius 2 is 1.78 bits per heavy atom. The molecule has 2 rings (SSSR count). The molecule has 0 heterocycles. The number of ether oxygens (including phenoxy) is 1. The first kappa shape index (κ1) is 13.1. The Bertz CT molecular complexity index is 615. The molecule has 0 radical (unpaired) electrons. The van der Waals surface area contributed by atoms with Crippen molar-refractivity contribution in [2.24, 2.45) is 0 Å². The van der Waals surface area contributed by atoms with E-state index in [1.54, 1.807) is 24.3 Å². The van der Waals surface area contributed by atoms with Gasteiger partial charge >= 0.3 is 7.60 Å². The molecule has 4 nitrogen and oxygen atoms in total. The number of rotatable bonds is 3. The molecule has 0 unspecified atom stereocenters. The van der Waals surface area contributed by atoms with E-state index in [0.29, 0.717) is 5.39 Å². The normalized spacial score (nSPS) is 12.1. The SMILES string of the molecule is CC(C)Oc1ccc2ccccc2c1P(=O)(O)O. The van der Waals surface area contributed by atoms with Crippen LogP contribution in [0.4, 0.5) is 0 Å². The van der Waals surface area contributed by atoms with Crippen LogP contribution >= 0.6 is 7.60 Å². The third-order valence-electron chi connectivity index (χ3n) is 2.52. The van der Waals surface area contributed by atoms with Gasteiger partial charge in [-0.15, -0.1) is 0 Å². The fourth-order valence-corrected chi connectivity index (χ4v) is 2.82. The maximum absolute atomic E-state index is 11.7. The van der Waals surface area contributed by atoms with Gasteiger partial charge < -0.3 is 14.5 Å². The van der Waals surface area contributed by atoms with Crippen molar-refractivity contribution in [1.29, 1.82) is 0 Å². The van der Waals surface area contributed by atoms with Gasteiger partial charge in [-0.05, 0) is 25.3 Å². The van der Waals surface area contributed by atoms with Crippen LogP contribution in [0.25, 0.3) is 10.8 Å². The monoisotopic (exact) mass is 266 g/mol. The van der Waals surface area contributed by atoms with E-state index in [1.165, 1.54) is 0 Å². The number of benzene rings is 2. The van der Waals surface area contributed by atoms with E-state index in [-0.39, 0.29) is 17.2 Å². The van der Waals surface area contributed by atoms with Crippen LogP contribution < -0.4 is 10.0 Å². The van der Waals surface area contributed by atoms with Gasteiger partial charge in [-0.1, -0.05) is 30.3 Å². The molecule has 0 spiro atoms. The molecular weight excluding hydrogens is 251 g/mol. The molecule has 0 bridgehead atoms. The Balaban J connectivity index is 2.75. The Labute approximate surface area is 105 Å². The Hall–Kier alpha value is -1.35. The van der Waals surface area contributed by atoms with Gasteiger partial charge in [0.25, 0.3) is 0 Å². The third-order valence-corrected chi connectivity index (χ3v) is 3.56. The zero-order valence-corrected chi connectivity index (χ0v) is 11.1. The minimum Gasteiger partial charge on any atom is -0.490 e. The maximum atomic E-state index is 11.7. The van der Waals surface area contributed by atoms with Crippen LogP contribution in [0.5, 0.6) is 5.75 Å². The van der Waals surface area contributed by atoms with Crippen molar-refractivity contribution in [1.82, 2.24) is 0 Å². The molecule has 0 fully saturated rings. The fourth-order valence-electron chi connectivity index (χ4n) is 1.88. The molecule has 18 heavy (non-hydrogen) atoms. The summed E-state index contributed by atoms with van der Waals surface area (Å²) in [6.45, 7) is 3.64. The number of fused-ring (bicyclic) bond motifs is 1. The number of hydrogen-bond acceptors (Lipinski definition) is 2. The second-order valence-corrected chi connectivity index (χ2v) is 5.88. The molecule has 2 aromatic rings. The van der Waals surface area contributed by atoms with Gasteiger partial charge in [0.2, 0.25) is 0 Å². The summed E-state index contributed by atoms with van der Waals surface area (Å²) in [4.78, 5) is 19.0. The molecule has 0 aliphatic rings. The van der Waals surface area contributed by atoms with E-state index in [0.717, 1.165) is 5.39 Å². The van der Waals surface area contributed by atoms with Crippen molar-refractivity contribution < 1.29 is 19.1 Å². The van der Waals surface area contributed by atoms with Crippen molar-refractivity contribution in [2.45, 2.75) is 20.0 Å². The topological polar surface area (TPSA) is 66.8 Å². The van der Waals surface area contributed by atoms with Gasteiger partial charge in [-0.3, -0.25) is 4.57 Å². The van der Waals surface area contributed by atoms with Crippen LogP contribution in [-0.2, 0) is 4.57 Å². The van der Waals surface area contributed by atoms with E-state index in [1.807, 2.05) is 26.0 Å². The van der Waals surface area contributed by atoms with Crippen molar-refractivity contribution in [3.63, 3.8) is 0 Å². The first-order valence-electron chi connectivity index (χ1n) is 5.64. The first-order chi connectivity index (χ1) is 8.39. The van der Waals surface area contributed by atoms with Gasteiger partial charge in [-0.2, -0.15) is 0 Å². The Morgan fingerprint density at radius 3 is 2.39 bits per heavy atom. The van der Waals surface area contributed by atoms with Gasteiger partial charge in [0, 0.05) is 5.39 Å². The highest BCUT2D eigenvalue weighted by atomic mass is 31.2. The molecular formula is C13H15O4P. The van der Waals surface area contributed by atoms with Crippen LogP contribution in [-0.4, -0.2) is 15.9 Å². The smallest absolute Gasteiger partial charge is 0.360 e. The lowest BCUT2D eigenvalue weighted by Crippen LogP contribution is -2.15. The van der Waals surface area contributed by atoms with Gasteiger partial charge in [0.05, 0.1) is 6.10 Å². The highest BCUT2D eigenvalue weighted by molar-refractivity contribution is 7.61. The van der Waals surface area contributed by atoms with Crippen molar-refractivity contribution in [3.8, 4) is 5.75 Å². The minimum absolute atomic E-state index is 0.0331. The van der Waals surface area contributed by atoms with Gasteiger partial charge in [0.1, 0.15) is 11.1 Å². The summed E-state index contributed by atoms with van der Waals surface area (Å²) in [5.41, 5.74) is 0. The summed E-state index contributed by atoms with van der Waals surface area (Å²) in [5, 5.41) is 1.28. The average Bonchev–Trinajstić information content (AvgIpc) is 2.26. The van der Waals surface area contributed by atoms with E-state index in [9.17, 15) is 14.4 Å². The van der Waals surface area contributed by atoms with Crippen molar-refractivity contribution >= 4 is 23.7 Å². The lowest BCUT2D eigenvalue weighted by Gasteiger charge is -2.17. The lowest BCUT2D eigenvalue weighted by molar-refractivity contribution is 0.244. The Morgan fingerprint density at radius 1 is 1.11 bits per heavy atom. The molecule has 0 aromatic heterocycles. The van der Waals surface area contributed by atoms with E-state index in [4.69, 9.17) is 4.74 Å². The van der Waals surface area contributed by atoms with Crippen LogP contribution in [0, 0.1) is 0 Å². The largest absolute Gasteiger partial charge is 0.490 e. The van der Waals surface area contributed by atoms with Crippen LogP contribution in [0.2, 0.25) is 0 Å². The standard InChI is InChI=1S/C13H15O4P/c1-9(2)17-12-8-7-10-5-3-4-6-11(10)13(12)18(14,15)16/h3-9H,1-2H3,(H2,14,15,16). The summed E-state index contributed by atoms with van der Waals surface area (Å²) in [6.07, 6.45) is -0.142. The predicted molar refractivity (Wildman–Crippen MR) is 71.4 cm³/mol. The fraction of sp³-hybridized carbons (Fsp3) is 0.231. The Kier molecular flexibility index (Phi) is 3.44. The van der Waals surface area contributed by atoms with E-state index >= 15 is 0 Å². The maximum Gasteiger partial charge on any atom is 0.360 e. The molecule has 0 aliphatic carbocycles. The molecule has 2 aromatic carbocycles. The summed E-state index contributed by atoms with van der Waals surface area (Å²) in [7, 11) is -4.38. The van der Waals surface area contributed by atoms with Crippen LogP contribution in [0.1, 0.15) is 13.8 Å². The highest BCUT2D eigenvalue weighted by Crippen LogP contribution is 2.40.